The van der Waals surface area contributed by atoms with E-state index in [1.807, 2.05) is 0 Å². The SMILES string of the molecule is CC([S+]=O)c1nc(N)c2[nH]c(=O)n(Cc3ccc(F)cc3)c2n1. The number of fused-ring (bicyclic) bond motifs is 1. The van der Waals surface area contributed by atoms with Crippen LogP contribution in [0.1, 0.15) is 23.6 Å². The summed E-state index contributed by atoms with van der Waals surface area (Å²) in [6.07, 6.45) is 0. The van der Waals surface area contributed by atoms with E-state index in [1.165, 1.54) is 16.7 Å². The molecule has 2 heterocycles. The lowest BCUT2D eigenvalue weighted by atomic mass is 10.2. The van der Waals surface area contributed by atoms with E-state index in [1.54, 1.807) is 19.1 Å². The normalized spacial score (nSPS) is 12.4. The zero-order chi connectivity index (χ0) is 16.6. The van der Waals surface area contributed by atoms with E-state index in [4.69, 9.17) is 5.73 Å². The molecule has 23 heavy (non-hydrogen) atoms. The first-order chi connectivity index (χ1) is 11.0. The largest absolute Gasteiger partial charge is 0.470 e. The molecule has 0 fully saturated rings. The summed E-state index contributed by atoms with van der Waals surface area (Å²) in [6, 6.07) is 5.81. The number of hydrogen-bond acceptors (Lipinski definition) is 5. The number of nitrogens with two attached hydrogens (primary N) is 1. The average Bonchev–Trinajstić information content (AvgIpc) is 2.85. The molecular formula is C14H13FN5O2S+. The summed E-state index contributed by atoms with van der Waals surface area (Å²) >= 11 is 0.344. The van der Waals surface area contributed by atoms with Crippen molar-refractivity contribution in [2.24, 2.45) is 0 Å². The van der Waals surface area contributed by atoms with Gasteiger partial charge in [-0.3, -0.25) is 4.57 Å². The smallest absolute Gasteiger partial charge is 0.382 e. The molecule has 3 rings (SSSR count). The molecule has 0 aliphatic rings. The van der Waals surface area contributed by atoms with Crippen LogP contribution in [-0.2, 0) is 22.4 Å². The minimum absolute atomic E-state index is 0.112. The Balaban J connectivity index is 2.14. The molecule has 0 saturated heterocycles. The van der Waals surface area contributed by atoms with Crippen molar-refractivity contribution in [3.63, 3.8) is 0 Å². The fourth-order valence-electron chi connectivity index (χ4n) is 2.21. The Morgan fingerprint density at radius 1 is 1.35 bits per heavy atom. The number of hydrogen-bond donors (Lipinski definition) is 2. The van der Waals surface area contributed by atoms with Gasteiger partial charge in [0.15, 0.2) is 17.3 Å². The number of rotatable bonds is 4. The number of aromatic amines is 1. The van der Waals surface area contributed by atoms with Gasteiger partial charge in [0.1, 0.15) is 11.3 Å². The first-order valence-corrected chi connectivity index (χ1v) is 7.59. The first kappa shape index (κ1) is 15.2. The van der Waals surface area contributed by atoms with Crippen molar-refractivity contribution in [1.29, 1.82) is 0 Å². The van der Waals surface area contributed by atoms with Gasteiger partial charge in [0.2, 0.25) is 0 Å². The molecule has 0 bridgehead atoms. The fourth-order valence-corrected chi connectivity index (χ4v) is 2.40. The van der Waals surface area contributed by atoms with Gasteiger partial charge in [-0.15, -0.1) is 0 Å². The number of nitrogens with one attached hydrogen (secondary N) is 1. The van der Waals surface area contributed by atoms with Gasteiger partial charge in [-0.2, -0.15) is 0 Å². The second-order valence-corrected chi connectivity index (χ2v) is 5.95. The molecule has 0 amide bonds. The quantitative estimate of drug-likeness (QED) is 0.701. The van der Waals surface area contributed by atoms with Gasteiger partial charge in [0.25, 0.3) is 5.25 Å². The van der Waals surface area contributed by atoms with Crippen molar-refractivity contribution < 1.29 is 8.60 Å². The summed E-state index contributed by atoms with van der Waals surface area (Å²) in [5.74, 6) is 0.0258. The van der Waals surface area contributed by atoms with Gasteiger partial charge < -0.3 is 10.7 Å². The lowest BCUT2D eigenvalue weighted by Crippen LogP contribution is -2.18. The fraction of sp³-hybridized carbons (Fsp3) is 0.214. The van der Waals surface area contributed by atoms with Gasteiger partial charge in [0, 0.05) is 11.1 Å². The number of halogens is 1. The molecule has 0 aliphatic carbocycles. The molecule has 118 valence electrons. The van der Waals surface area contributed by atoms with Crippen LogP contribution < -0.4 is 11.4 Å². The summed E-state index contributed by atoms with van der Waals surface area (Å²) in [4.78, 5) is 23.1. The summed E-state index contributed by atoms with van der Waals surface area (Å²) in [5.41, 5.74) is 6.83. The molecule has 7 nitrogen and oxygen atoms in total. The van der Waals surface area contributed by atoms with Gasteiger partial charge in [-0.05, 0) is 17.7 Å². The van der Waals surface area contributed by atoms with Crippen molar-refractivity contribution in [2.75, 3.05) is 5.73 Å². The highest BCUT2D eigenvalue weighted by Gasteiger charge is 2.24. The average molecular weight is 334 g/mol. The molecule has 3 N–H and O–H groups in total. The molecular weight excluding hydrogens is 321 g/mol. The second kappa shape index (κ2) is 5.84. The lowest BCUT2D eigenvalue weighted by molar-refractivity contribution is 0.599. The summed E-state index contributed by atoms with van der Waals surface area (Å²) in [5, 5.41) is -0.494. The van der Waals surface area contributed by atoms with Crippen molar-refractivity contribution in [2.45, 2.75) is 18.7 Å². The third kappa shape index (κ3) is 2.82. The maximum absolute atomic E-state index is 13.0. The second-order valence-electron chi connectivity index (χ2n) is 5.05. The number of aromatic nitrogens is 4. The van der Waals surface area contributed by atoms with Gasteiger partial charge in [-0.25, -0.2) is 19.2 Å². The molecule has 1 aromatic carbocycles. The van der Waals surface area contributed by atoms with Gasteiger partial charge >= 0.3 is 17.4 Å². The molecule has 1 atom stereocenters. The third-order valence-electron chi connectivity index (χ3n) is 3.43. The number of anilines is 1. The number of nitrogen functional groups attached to an aromatic ring is 1. The number of nitrogens with zero attached hydrogens (tertiary/aromatic N) is 3. The van der Waals surface area contributed by atoms with E-state index >= 15 is 0 Å². The predicted molar refractivity (Wildman–Crippen MR) is 84.5 cm³/mol. The Hall–Kier alpha value is -2.68. The highest BCUT2D eigenvalue weighted by Crippen LogP contribution is 2.19. The third-order valence-corrected chi connectivity index (χ3v) is 3.93. The van der Waals surface area contributed by atoms with Crippen LogP contribution in [0, 0.1) is 5.82 Å². The monoisotopic (exact) mass is 334 g/mol. The molecule has 0 radical (unpaired) electrons. The number of imidazole rings is 1. The van der Waals surface area contributed by atoms with Crippen LogP contribution in [0.4, 0.5) is 10.2 Å². The van der Waals surface area contributed by atoms with E-state index in [-0.39, 0.29) is 24.0 Å². The van der Waals surface area contributed by atoms with Crippen molar-refractivity contribution in [3.8, 4) is 0 Å². The van der Waals surface area contributed by atoms with Gasteiger partial charge in [-0.1, -0.05) is 12.1 Å². The zero-order valence-corrected chi connectivity index (χ0v) is 12.9. The van der Waals surface area contributed by atoms with Crippen LogP contribution in [-0.4, -0.2) is 19.5 Å². The molecule has 0 aliphatic heterocycles. The topological polar surface area (TPSA) is 107 Å². The first-order valence-electron chi connectivity index (χ1n) is 6.78. The van der Waals surface area contributed by atoms with Crippen molar-refractivity contribution in [1.82, 2.24) is 19.5 Å². The molecule has 2 aromatic heterocycles. The highest BCUT2D eigenvalue weighted by molar-refractivity contribution is 7.65. The van der Waals surface area contributed by atoms with Crippen LogP contribution in [0.5, 0.6) is 0 Å². The Kier molecular flexibility index (Phi) is 3.87. The minimum Gasteiger partial charge on any atom is -0.382 e. The van der Waals surface area contributed by atoms with Crippen LogP contribution in [0.15, 0.2) is 29.1 Å². The molecule has 9 heteroatoms. The summed E-state index contributed by atoms with van der Waals surface area (Å²) in [7, 11) is 0. The van der Waals surface area contributed by atoms with E-state index < -0.39 is 10.9 Å². The minimum atomic E-state index is -0.494. The number of H-pyrrole nitrogens is 1. The summed E-state index contributed by atoms with van der Waals surface area (Å²) < 4.78 is 25.3. The Labute approximate surface area is 133 Å². The Morgan fingerprint density at radius 3 is 2.70 bits per heavy atom. The van der Waals surface area contributed by atoms with Gasteiger partial charge in [0.05, 0.1) is 6.54 Å². The van der Waals surface area contributed by atoms with E-state index in [0.717, 1.165) is 5.56 Å². The zero-order valence-electron chi connectivity index (χ0n) is 12.1. The van der Waals surface area contributed by atoms with E-state index in [0.29, 0.717) is 22.8 Å². The lowest BCUT2D eigenvalue weighted by Gasteiger charge is -2.04. The van der Waals surface area contributed by atoms with Crippen LogP contribution in [0.25, 0.3) is 11.2 Å². The molecule has 0 saturated carbocycles. The van der Waals surface area contributed by atoms with E-state index in [2.05, 4.69) is 15.0 Å². The Morgan fingerprint density at radius 2 is 2.04 bits per heavy atom. The van der Waals surface area contributed by atoms with Crippen LogP contribution in [0.3, 0.4) is 0 Å². The maximum Gasteiger partial charge on any atom is 0.470 e. The number of benzene rings is 1. The van der Waals surface area contributed by atoms with Crippen LogP contribution >= 0.6 is 0 Å². The molecule has 1 unspecified atom stereocenters. The molecule has 0 spiro atoms. The van der Waals surface area contributed by atoms with Crippen LogP contribution in [0.2, 0.25) is 0 Å². The Bertz CT molecular complexity index is 935. The molecule has 3 aromatic rings. The summed E-state index contributed by atoms with van der Waals surface area (Å²) in [6.45, 7) is 1.86. The van der Waals surface area contributed by atoms with E-state index in [9.17, 15) is 13.4 Å². The standard InChI is InChI=1S/C14H12FN5O2S/c1-7(23-22)12-18-11(16)10-13(19-12)20(14(21)17-10)6-8-2-4-9(15)5-3-8/h2-5,7H,6H2,1H3,(H2-,16,17,18,19,21)/p+1. The van der Waals surface area contributed by atoms with Crippen molar-refractivity contribution >= 4 is 28.6 Å². The van der Waals surface area contributed by atoms with Crippen molar-refractivity contribution in [3.05, 3.63) is 52.0 Å². The maximum atomic E-state index is 13.0. The predicted octanol–water partition coefficient (Wildman–Crippen LogP) is 1.38. The highest BCUT2D eigenvalue weighted by atomic mass is 32.1.